The molecule has 19 heavy (non-hydrogen) atoms. The third-order valence-electron chi connectivity index (χ3n) is 3.23. The molecule has 0 radical (unpaired) electrons. The van der Waals surface area contributed by atoms with Gasteiger partial charge >= 0.3 is 0 Å². The number of hydrazine groups is 1. The fourth-order valence-corrected chi connectivity index (χ4v) is 2.49. The van der Waals surface area contributed by atoms with Gasteiger partial charge in [-0.2, -0.15) is 0 Å². The summed E-state index contributed by atoms with van der Waals surface area (Å²) < 4.78 is 5.13. The Labute approximate surface area is 115 Å². The number of hydrogen-bond acceptors (Lipinski definition) is 3. The molecular formula is C15H13ClN2O. The first-order valence-corrected chi connectivity index (χ1v) is 6.35. The lowest BCUT2D eigenvalue weighted by Gasteiger charge is -2.15. The van der Waals surface area contributed by atoms with Gasteiger partial charge in [-0.05, 0) is 40.1 Å². The van der Waals surface area contributed by atoms with Crippen molar-refractivity contribution in [2.75, 3.05) is 0 Å². The molecule has 1 atom stereocenters. The zero-order valence-corrected chi connectivity index (χ0v) is 10.9. The maximum Gasteiger partial charge on any atom is 0.198 e. The predicted octanol–water partition coefficient (Wildman–Crippen LogP) is 3.64. The topological polar surface area (TPSA) is 51.2 Å². The van der Waals surface area contributed by atoms with Gasteiger partial charge < -0.3 is 4.42 Å². The lowest BCUT2D eigenvalue weighted by molar-refractivity contribution is 0.555. The number of nitrogens with two attached hydrogens (primary N) is 1. The van der Waals surface area contributed by atoms with E-state index in [-0.39, 0.29) is 6.04 Å². The van der Waals surface area contributed by atoms with E-state index in [2.05, 4.69) is 29.7 Å². The minimum atomic E-state index is -0.184. The molecule has 0 saturated heterocycles. The first kappa shape index (κ1) is 12.2. The molecule has 1 unspecified atom stereocenters. The highest BCUT2D eigenvalue weighted by Crippen LogP contribution is 2.30. The summed E-state index contributed by atoms with van der Waals surface area (Å²) in [6.45, 7) is 0. The van der Waals surface area contributed by atoms with E-state index in [1.807, 2.05) is 24.3 Å². The molecule has 0 aliphatic rings. The highest BCUT2D eigenvalue weighted by Gasteiger charge is 2.17. The molecule has 0 amide bonds. The minimum Gasteiger partial charge on any atom is -0.453 e. The van der Waals surface area contributed by atoms with E-state index in [4.69, 9.17) is 21.9 Å². The third-order valence-corrected chi connectivity index (χ3v) is 3.54. The summed E-state index contributed by atoms with van der Waals surface area (Å²) in [5.41, 5.74) is 4.66. The molecule has 0 fully saturated rings. The van der Waals surface area contributed by atoms with Gasteiger partial charge in [-0.1, -0.05) is 36.4 Å². The summed E-state index contributed by atoms with van der Waals surface area (Å²) in [6, 6.07) is 16.0. The lowest BCUT2D eigenvalue weighted by atomic mass is 9.98. The molecular weight excluding hydrogens is 260 g/mol. The normalized spacial score (nSPS) is 12.7. The van der Waals surface area contributed by atoms with Crippen LogP contribution in [0, 0.1) is 0 Å². The highest BCUT2D eigenvalue weighted by atomic mass is 35.5. The molecule has 1 aromatic heterocycles. The lowest BCUT2D eigenvalue weighted by Crippen LogP contribution is -2.28. The second-order valence-electron chi connectivity index (χ2n) is 4.36. The van der Waals surface area contributed by atoms with Gasteiger partial charge in [-0.15, -0.1) is 0 Å². The molecule has 0 aliphatic carbocycles. The van der Waals surface area contributed by atoms with Gasteiger partial charge in [0.05, 0.1) is 12.3 Å². The zero-order valence-electron chi connectivity index (χ0n) is 10.1. The predicted molar refractivity (Wildman–Crippen MR) is 76.8 cm³/mol. The molecule has 0 aliphatic heterocycles. The van der Waals surface area contributed by atoms with Crippen LogP contribution in [0.15, 0.2) is 59.2 Å². The molecule has 3 N–H and O–H groups in total. The van der Waals surface area contributed by atoms with Crippen molar-refractivity contribution >= 4 is 22.4 Å². The fraction of sp³-hybridized carbons (Fsp3) is 0.0667. The maximum absolute atomic E-state index is 6.02. The van der Waals surface area contributed by atoms with E-state index in [0.717, 1.165) is 11.1 Å². The Balaban J connectivity index is 2.09. The first-order valence-electron chi connectivity index (χ1n) is 5.97. The van der Waals surface area contributed by atoms with Crippen molar-refractivity contribution in [1.82, 2.24) is 5.43 Å². The molecule has 96 valence electrons. The van der Waals surface area contributed by atoms with Gasteiger partial charge in [0, 0.05) is 5.56 Å². The van der Waals surface area contributed by atoms with Gasteiger partial charge in [0.15, 0.2) is 5.22 Å². The second kappa shape index (κ2) is 5.05. The van der Waals surface area contributed by atoms with E-state index in [1.165, 1.54) is 10.8 Å². The SMILES string of the molecule is NNC(c1ccc2ccccc2c1)c1ccoc1Cl. The van der Waals surface area contributed by atoms with Crippen molar-refractivity contribution < 1.29 is 4.42 Å². The number of hydrogen-bond donors (Lipinski definition) is 2. The van der Waals surface area contributed by atoms with Crippen LogP contribution in [0.1, 0.15) is 17.2 Å². The first-order chi connectivity index (χ1) is 9.29. The number of rotatable bonds is 3. The zero-order chi connectivity index (χ0) is 13.2. The summed E-state index contributed by atoms with van der Waals surface area (Å²) in [4.78, 5) is 0. The summed E-state index contributed by atoms with van der Waals surface area (Å²) in [6.07, 6.45) is 1.56. The van der Waals surface area contributed by atoms with Crippen molar-refractivity contribution in [2.45, 2.75) is 6.04 Å². The Bertz CT molecular complexity index is 708. The monoisotopic (exact) mass is 272 g/mol. The van der Waals surface area contributed by atoms with Crippen molar-refractivity contribution in [3.05, 3.63) is 71.1 Å². The van der Waals surface area contributed by atoms with Gasteiger partial charge in [0.25, 0.3) is 0 Å². The Morgan fingerprint density at radius 2 is 1.84 bits per heavy atom. The van der Waals surface area contributed by atoms with Crippen molar-refractivity contribution in [3.8, 4) is 0 Å². The van der Waals surface area contributed by atoms with Crippen LogP contribution in [0.2, 0.25) is 5.22 Å². The van der Waals surface area contributed by atoms with Crippen LogP contribution in [0.5, 0.6) is 0 Å². The standard InChI is InChI=1S/C15H13ClN2O/c16-15-13(7-8-19-15)14(18-17)12-6-5-10-3-1-2-4-11(10)9-12/h1-9,14,18H,17H2. The average Bonchev–Trinajstić information content (AvgIpc) is 2.86. The van der Waals surface area contributed by atoms with E-state index in [1.54, 1.807) is 6.26 Å². The maximum atomic E-state index is 6.02. The molecule has 0 saturated carbocycles. The molecule has 3 nitrogen and oxygen atoms in total. The van der Waals surface area contributed by atoms with Crippen molar-refractivity contribution in [2.24, 2.45) is 5.84 Å². The number of furan rings is 1. The molecule has 0 spiro atoms. The largest absolute Gasteiger partial charge is 0.453 e. The summed E-state index contributed by atoms with van der Waals surface area (Å²) in [5.74, 6) is 5.66. The Kier molecular flexibility index (Phi) is 3.25. The number of halogens is 1. The molecule has 1 heterocycles. The summed E-state index contributed by atoms with van der Waals surface area (Å²) in [5, 5.41) is 2.72. The van der Waals surface area contributed by atoms with Crippen LogP contribution in [-0.4, -0.2) is 0 Å². The Hall–Kier alpha value is -1.81. The second-order valence-corrected chi connectivity index (χ2v) is 4.70. The van der Waals surface area contributed by atoms with Gasteiger partial charge in [0.2, 0.25) is 0 Å². The van der Waals surface area contributed by atoms with Crippen LogP contribution in [0.4, 0.5) is 0 Å². The number of fused-ring (bicyclic) bond motifs is 1. The van der Waals surface area contributed by atoms with Crippen LogP contribution in [0.3, 0.4) is 0 Å². The van der Waals surface area contributed by atoms with E-state index >= 15 is 0 Å². The van der Waals surface area contributed by atoms with Crippen molar-refractivity contribution in [1.29, 1.82) is 0 Å². The van der Waals surface area contributed by atoms with Gasteiger partial charge in [0.1, 0.15) is 0 Å². The average molecular weight is 273 g/mol. The summed E-state index contributed by atoms with van der Waals surface area (Å²) in [7, 11) is 0. The number of benzene rings is 2. The van der Waals surface area contributed by atoms with Crippen LogP contribution in [-0.2, 0) is 0 Å². The van der Waals surface area contributed by atoms with Gasteiger partial charge in [-0.3, -0.25) is 5.84 Å². The van der Waals surface area contributed by atoms with E-state index in [9.17, 15) is 0 Å². The molecule has 3 rings (SSSR count). The quantitative estimate of drug-likeness (QED) is 0.565. The highest BCUT2D eigenvalue weighted by molar-refractivity contribution is 6.29. The third kappa shape index (κ3) is 2.24. The Morgan fingerprint density at radius 3 is 2.53 bits per heavy atom. The van der Waals surface area contributed by atoms with Crippen LogP contribution < -0.4 is 11.3 Å². The minimum absolute atomic E-state index is 0.184. The van der Waals surface area contributed by atoms with E-state index < -0.39 is 0 Å². The fourth-order valence-electron chi connectivity index (χ4n) is 2.26. The van der Waals surface area contributed by atoms with Crippen LogP contribution in [0.25, 0.3) is 10.8 Å². The molecule has 0 bridgehead atoms. The molecule has 2 aromatic carbocycles. The molecule has 4 heteroatoms. The van der Waals surface area contributed by atoms with E-state index in [0.29, 0.717) is 5.22 Å². The van der Waals surface area contributed by atoms with Crippen LogP contribution >= 0.6 is 11.6 Å². The van der Waals surface area contributed by atoms with Crippen molar-refractivity contribution in [3.63, 3.8) is 0 Å². The summed E-state index contributed by atoms with van der Waals surface area (Å²) >= 11 is 6.02. The molecule has 3 aromatic rings. The smallest absolute Gasteiger partial charge is 0.198 e. The number of nitrogens with one attached hydrogen (secondary N) is 1. The van der Waals surface area contributed by atoms with Gasteiger partial charge in [-0.25, -0.2) is 5.43 Å². The Morgan fingerprint density at radius 1 is 1.05 bits per heavy atom.